The van der Waals surface area contributed by atoms with Crippen LogP contribution in [0.15, 0.2) is 47.4 Å². The van der Waals surface area contributed by atoms with Gasteiger partial charge in [-0.15, -0.1) is 0 Å². The zero-order valence-electron chi connectivity index (χ0n) is 18.0. The summed E-state index contributed by atoms with van der Waals surface area (Å²) >= 11 is 6.04. The van der Waals surface area contributed by atoms with Crippen LogP contribution in [0, 0.1) is 5.82 Å². The van der Waals surface area contributed by atoms with Gasteiger partial charge in [-0.2, -0.15) is 9.40 Å². The Labute approximate surface area is 196 Å². The lowest BCUT2D eigenvalue weighted by Crippen LogP contribution is -2.37. The van der Waals surface area contributed by atoms with Crippen LogP contribution in [-0.2, 0) is 36.6 Å². The molecular formula is C22H22ClFN4O4S. The summed E-state index contributed by atoms with van der Waals surface area (Å²) < 4.78 is 48.0. The van der Waals surface area contributed by atoms with Crippen molar-refractivity contribution in [1.29, 1.82) is 0 Å². The highest BCUT2D eigenvalue weighted by Gasteiger charge is 2.35. The summed E-state index contributed by atoms with van der Waals surface area (Å²) in [4.78, 5) is 12.8. The highest BCUT2D eigenvalue weighted by atomic mass is 35.5. The van der Waals surface area contributed by atoms with Crippen LogP contribution < -0.4 is 10.1 Å². The second-order valence-corrected chi connectivity index (χ2v) is 9.93. The van der Waals surface area contributed by atoms with Gasteiger partial charge in [0.15, 0.2) is 5.69 Å². The number of nitrogens with one attached hydrogen (secondary N) is 1. The molecule has 0 spiro atoms. The Balaban J connectivity index is 1.59. The van der Waals surface area contributed by atoms with E-state index in [-0.39, 0.29) is 46.8 Å². The molecule has 4 rings (SSSR count). The summed E-state index contributed by atoms with van der Waals surface area (Å²) in [5.74, 6) is -0.606. The Hall–Kier alpha value is -2.95. The molecule has 8 nitrogen and oxygen atoms in total. The molecule has 2 aromatic carbocycles. The van der Waals surface area contributed by atoms with E-state index in [1.54, 1.807) is 29.9 Å². The predicted molar refractivity (Wildman–Crippen MR) is 120 cm³/mol. The van der Waals surface area contributed by atoms with Gasteiger partial charge in [-0.05, 0) is 35.9 Å². The van der Waals surface area contributed by atoms with Gasteiger partial charge in [0, 0.05) is 49.4 Å². The number of nitrogens with zero attached hydrogens (tertiary/aromatic N) is 3. The van der Waals surface area contributed by atoms with E-state index in [4.69, 9.17) is 16.3 Å². The van der Waals surface area contributed by atoms with Gasteiger partial charge in [-0.1, -0.05) is 23.7 Å². The van der Waals surface area contributed by atoms with Crippen LogP contribution in [0.2, 0.25) is 5.02 Å². The van der Waals surface area contributed by atoms with Crippen molar-refractivity contribution >= 4 is 27.5 Å². The molecule has 0 saturated carbocycles. The summed E-state index contributed by atoms with van der Waals surface area (Å²) in [6, 6.07) is 10.2. The van der Waals surface area contributed by atoms with E-state index in [1.165, 1.54) is 35.7 Å². The Kier molecular flexibility index (Phi) is 6.42. The third-order valence-electron chi connectivity index (χ3n) is 5.53. The molecule has 0 radical (unpaired) electrons. The smallest absolute Gasteiger partial charge is 0.272 e. The number of amides is 1. The van der Waals surface area contributed by atoms with Gasteiger partial charge in [-0.25, -0.2) is 12.8 Å². The molecule has 174 valence electrons. The Bertz CT molecular complexity index is 1310. The van der Waals surface area contributed by atoms with Gasteiger partial charge >= 0.3 is 0 Å². The third kappa shape index (κ3) is 4.59. The maximum atomic E-state index is 13.4. The van der Waals surface area contributed by atoms with Crippen LogP contribution >= 0.6 is 11.6 Å². The molecule has 0 bridgehead atoms. The van der Waals surface area contributed by atoms with E-state index >= 15 is 0 Å². The van der Waals surface area contributed by atoms with Crippen molar-refractivity contribution in [3.05, 3.63) is 75.8 Å². The topological polar surface area (TPSA) is 93.5 Å². The van der Waals surface area contributed by atoms with E-state index in [0.29, 0.717) is 12.0 Å². The summed E-state index contributed by atoms with van der Waals surface area (Å²) in [6.45, 7) is 0.397. The van der Waals surface area contributed by atoms with Crippen molar-refractivity contribution < 1.29 is 22.3 Å². The van der Waals surface area contributed by atoms with E-state index in [1.807, 2.05) is 0 Å². The number of aryl methyl sites for hydroxylation is 1. The van der Waals surface area contributed by atoms with Gasteiger partial charge in [0.25, 0.3) is 5.91 Å². The first-order chi connectivity index (χ1) is 15.7. The first-order valence-corrected chi connectivity index (χ1v) is 11.9. The Morgan fingerprint density at radius 2 is 1.97 bits per heavy atom. The minimum atomic E-state index is -3.94. The van der Waals surface area contributed by atoms with E-state index in [2.05, 4.69) is 10.4 Å². The molecule has 0 saturated heterocycles. The molecule has 2 heterocycles. The molecule has 3 aromatic rings. The fourth-order valence-electron chi connectivity index (χ4n) is 3.81. The normalized spacial score (nSPS) is 14.1. The number of hydrogen-bond donors (Lipinski definition) is 1. The zero-order chi connectivity index (χ0) is 23.8. The molecule has 0 unspecified atom stereocenters. The van der Waals surface area contributed by atoms with Gasteiger partial charge in [-0.3, -0.25) is 9.48 Å². The summed E-state index contributed by atoms with van der Waals surface area (Å²) in [5.41, 5.74) is 2.23. The molecule has 1 N–H and O–H groups in total. The van der Waals surface area contributed by atoms with Crippen molar-refractivity contribution in [3.63, 3.8) is 0 Å². The summed E-state index contributed by atoms with van der Waals surface area (Å²) in [5, 5.41) is 7.37. The van der Waals surface area contributed by atoms with Crippen LogP contribution in [0.1, 0.15) is 27.3 Å². The van der Waals surface area contributed by atoms with Crippen LogP contribution in [0.4, 0.5) is 4.39 Å². The predicted octanol–water partition coefficient (Wildman–Crippen LogP) is 2.90. The quantitative estimate of drug-likeness (QED) is 0.571. The molecule has 33 heavy (non-hydrogen) atoms. The minimum absolute atomic E-state index is 0.0134. The van der Waals surface area contributed by atoms with Crippen LogP contribution in [-0.4, -0.2) is 42.1 Å². The van der Waals surface area contributed by atoms with Crippen molar-refractivity contribution in [2.24, 2.45) is 7.05 Å². The fourth-order valence-corrected chi connectivity index (χ4v) is 5.64. The molecule has 0 atom stereocenters. The second-order valence-electron chi connectivity index (χ2n) is 7.59. The van der Waals surface area contributed by atoms with Gasteiger partial charge in [0.05, 0.1) is 7.11 Å². The number of rotatable bonds is 6. The lowest BCUT2D eigenvalue weighted by Gasteiger charge is -2.27. The minimum Gasteiger partial charge on any atom is -0.495 e. The Morgan fingerprint density at radius 1 is 1.24 bits per heavy atom. The molecule has 0 fully saturated rings. The van der Waals surface area contributed by atoms with Gasteiger partial charge < -0.3 is 10.1 Å². The first-order valence-electron chi connectivity index (χ1n) is 10.1. The molecule has 0 aliphatic carbocycles. The number of benzene rings is 2. The molecule has 1 aliphatic heterocycles. The highest BCUT2D eigenvalue weighted by molar-refractivity contribution is 7.89. The van der Waals surface area contributed by atoms with Crippen molar-refractivity contribution in [3.8, 4) is 5.75 Å². The molecule has 1 aromatic heterocycles. The summed E-state index contributed by atoms with van der Waals surface area (Å²) in [7, 11) is -0.831. The number of methoxy groups -OCH3 is 1. The second kappa shape index (κ2) is 9.12. The fraction of sp³-hybridized carbons (Fsp3) is 0.273. The average Bonchev–Trinajstić information content (AvgIpc) is 3.14. The molecule has 1 amide bonds. The maximum Gasteiger partial charge on any atom is 0.272 e. The third-order valence-corrected chi connectivity index (χ3v) is 7.63. The number of aromatic nitrogens is 2. The van der Waals surface area contributed by atoms with Crippen LogP contribution in [0.5, 0.6) is 5.75 Å². The van der Waals surface area contributed by atoms with Crippen molar-refractivity contribution in [2.45, 2.75) is 24.4 Å². The van der Waals surface area contributed by atoms with Gasteiger partial charge in [0.2, 0.25) is 10.0 Å². The van der Waals surface area contributed by atoms with E-state index in [0.717, 1.165) is 11.3 Å². The number of hydrogen-bond acceptors (Lipinski definition) is 5. The number of halogens is 2. The van der Waals surface area contributed by atoms with Crippen molar-refractivity contribution in [1.82, 2.24) is 19.4 Å². The van der Waals surface area contributed by atoms with E-state index < -0.39 is 15.9 Å². The number of sulfonamides is 1. The van der Waals surface area contributed by atoms with Crippen molar-refractivity contribution in [2.75, 3.05) is 13.7 Å². The number of carbonyl (C=O) groups excluding carboxylic acids is 1. The maximum absolute atomic E-state index is 13.4. The van der Waals surface area contributed by atoms with Crippen LogP contribution in [0.25, 0.3) is 0 Å². The summed E-state index contributed by atoms with van der Waals surface area (Å²) in [6.07, 6.45) is 0.395. The molecule has 1 aliphatic rings. The average molecular weight is 493 g/mol. The monoisotopic (exact) mass is 492 g/mol. The lowest BCUT2D eigenvalue weighted by molar-refractivity contribution is 0.0943. The lowest BCUT2D eigenvalue weighted by atomic mass is 10.1. The Morgan fingerprint density at radius 3 is 2.67 bits per heavy atom. The molecule has 11 heteroatoms. The SMILES string of the molecule is COc1ccc(Cl)cc1S(=O)(=O)N1CCc2c(c(C(=O)NCc3ccc(F)cc3)nn2C)C1. The number of fused-ring (bicyclic) bond motifs is 1. The molecular weight excluding hydrogens is 471 g/mol. The number of ether oxygens (including phenoxy) is 1. The van der Waals surface area contributed by atoms with Gasteiger partial charge in [0.1, 0.15) is 16.5 Å². The van der Waals surface area contributed by atoms with Crippen LogP contribution in [0.3, 0.4) is 0 Å². The zero-order valence-corrected chi connectivity index (χ0v) is 19.6. The number of carbonyl (C=O) groups is 1. The standard InChI is InChI=1S/C22H22ClFN4O4S/c1-27-18-9-10-28(33(30,31)20-11-15(23)5-8-19(20)32-2)13-17(18)21(26-27)22(29)25-12-14-3-6-16(24)7-4-14/h3-8,11H,9-10,12-13H2,1-2H3,(H,25,29). The highest BCUT2D eigenvalue weighted by Crippen LogP contribution is 2.33. The first kappa shape index (κ1) is 23.2. The van der Waals surface area contributed by atoms with E-state index in [9.17, 15) is 17.6 Å². The largest absolute Gasteiger partial charge is 0.495 e.